The first kappa shape index (κ1) is 12.5. The maximum Gasteiger partial charge on any atom is 0.123 e. The van der Waals surface area contributed by atoms with E-state index in [9.17, 15) is 4.39 Å². The number of likely N-dealkylation sites (tertiary alicyclic amines) is 1. The van der Waals surface area contributed by atoms with Crippen LogP contribution in [0.25, 0.3) is 0 Å². The van der Waals surface area contributed by atoms with Crippen molar-refractivity contribution in [3.8, 4) is 0 Å². The van der Waals surface area contributed by atoms with Gasteiger partial charge in [-0.25, -0.2) is 4.39 Å². The summed E-state index contributed by atoms with van der Waals surface area (Å²) in [6.07, 6.45) is 3.45. The van der Waals surface area contributed by atoms with Crippen LogP contribution in [0, 0.1) is 5.82 Å². The zero-order valence-electron chi connectivity index (χ0n) is 10.5. The van der Waals surface area contributed by atoms with Gasteiger partial charge in [-0.05, 0) is 63.6 Å². The number of piperidine rings is 1. The van der Waals surface area contributed by atoms with Crippen LogP contribution >= 0.6 is 0 Å². The lowest BCUT2D eigenvalue weighted by molar-refractivity contribution is 0.235. The van der Waals surface area contributed by atoms with Crippen molar-refractivity contribution < 1.29 is 4.39 Å². The highest BCUT2D eigenvalue weighted by Gasteiger charge is 2.15. The third-order valence-corrected chi connectivity index (χ3v) is 3.48. The number of nitrogens with zero attached hydrogens (tertiary/aromatic N) is 1. The van der Waals surface area contributed by atoms with Crippen molar-refractivity contribution >= 4 is 0 Å². The zero-order chi connectivity index (χ0) is 12.1. The van der Waals surface area contributed by atoms with E-state index in [0.29, 0.717) is 6.04 Å². The summed E-state index contributed by atoms with van der Waals surface area (Å²) in [5.41, 5.74) is 1.20. The van der Waals surface area contributed by atoms with Gasteiger partial charge in [0, 0.05) is 6.04 Å². The van der Waals surface area contributed by atoms with Gasteiger partial charge in [0.1, 0.15) is 5.82 Å². The molecule has 3 heteroatoms. The minimum absolute atomic E-state index is 0.156. The Morgan fingerprint density at radius 1 is 1.24 bits per heavy atom. The lowest BCUT2D eigenvalue weighted by atomic mass is 10.1. The molecule has 0 spiro atoms. The van der Waals surface area contributed by atoms with Gasteiger partial charge in [0.25, 0.3) is 0 Å². The number of hydrogen-bond donors (Lipinski definition) is 1. The molecule has 2 nitrogen and oxygen atoms in total. The Kier molecular flexibility index (Phi) is 4.51. The molecule has 0 amide bonds. The highest BCUT2D eigenvalue weighted by molar-refractivity contribution is 5.16. The molecule has 0 aliphatic carbocycles. The van der Waals surface area contributed by atoms with Gasteiger partial charge in [-0.1, -0.05) is 12.1 Å². The molecule has 0 aromatic heterocycles. The first-order valence-corrected chi connectivity index (χ1v) is 6.40. The van der Waals surface area contributed by atoms with Crippen LogP contribution in [-0.4, -0.2) is 37.6 Å². The summed E-state index contributed by atoms with van der Waals surface area (Å²) in [7, 11) is 2.18. The molecule has 0 saturated carbocycles. The number of nitrogens with one attached hydrogen (secondary N) is 1. The van der Waals surface area contributed by atoms with E-state index < -0.39 is 0 Å². The van der Waals surface area contributed by atoms with Gasteiger partial charge in [0.05, 0.1) is 0 Å². The van der Waals surface area contributed by atoms with Gasteiger partial charge in [0.2, 0.25) is 0 Å². The van der Waals surface area contributed by atoms with Crippen LogP contribution in [0.15, 0.2) is 24.3 Å². The first-order chi connectivity index (χ1) is 8.24. The highest BCUT2D eigenvalue weighted by atomic mass is 19.1. The summed E-state index contributed by atoms with van der Waals surface area (Å²) in [6.45, 7) is 3.36. The standard InChI is InChI=1S/C14H21FN2/c1-17-10-7-14(8-11-17)16-9-6-12-2-4-13(15)5-3-12/h2-5,14,16H,6-11H2,1H3. The smallest absolute Gasteiger partial charge is 0.123 e. The number of benzene rings is 1. The van der Waals surface area contributed by atoms with E-state index in [1.165, 1.54) is 43.6 Å². The Hall–Kier alpha value is -0.930. The summed E-state index contributed by atoms with van der Waals surface area (Å²) in [6, 6.07) is 7.46. The van der Waals surface area contributed by atoms with Gasteiger partial charge >= 0.3 is 0 Å². The molecule has 0 bridgehead atoms. The molecule has 2 rings (SSSR count). The monoisotopic (exact) mass is 236 g/mol. The molecular formula is C14H21FN2. The maximum atomic E-state index is 12.7. The van der Waals surface area contributed by atoms with Crippen molar-refractivity contribution in [1.29, 1.82) is 0 Å². The Bertz CT molecular complexity index is 329. The molecule has 1 heterocycles. The molecular weight excluding hydrogens is 215 g/mol. The second kappa shape index (κ2) is 6.12. The Morgan fingerprint density at radius 3 is 2.53 bits per heavy atom. The van der Waals surface area contributed by atoms with Crippen LogP contribution < -0.4 is 5.32 Å². The van der Waals surface area contributed by atoms with E-state index in [0.717, 1.165) is 13.0 Å². The fourth-order valence-electron chi connectivity index (χ4n) is 2.28. The minimum atomic E-state index is -0.156. The van der Waals surface area contributed by atoms with Crippen LogP contribution in [0.3, 0.4) is 0 Å². The van der Waals surface area contributed by atoms with Gasteiger partial charge in [-0.2, -0.15) is 0 Å². The second-order valence-corrected chi connectivity index (χ2v) is 4.91. The molecule has 0 radical (unpaired) electrons. The molecule has 1 saturated heterocycles. The van der Waals surface area contributed by atoms with Gasteiger partial charge in [-0.3, -0.25) is 0 Å². The third kappa shape index (κ3) is 4.10. The van der Waals surface area contributed by atoms with Crippen molar-refractivity contribution in [2.24, 2.45) is 0 Å². The Morgan fingerprint density at radius 2 is 1.88 bits per heavy atom. The second-order valence-electron chi connectivity index (χ2n) is 4.91. The fourth-order valence-corrected chi connectivity index (χ4v) is 2.28. The minimum Gasteiger partial charge on any atom is -0.314 e. The number of rotatable bonds is 4. The van der Waals surface area contributed by atoms with Crippen molar-refractivity contribution in [2.75, 3.05) is 26.7 Å². The third-order valence-electron chi connectivity index (χ3n) is 3.48. The molecule has 1 aromatic rings. The molecule has 1 aromatic carbocycles. The van der Waals surface area contributed by atoms with E-state index in [-0.39, 0.29) is 5.82 Å². The summed E-state index contributed by atoms with van der Waals surface area (Å²) in [5.74, 6) is -0.156. The lowest BCUT2D eigenvalue weighted by Crippen LogP contribution is -2.41. The van der Waals surface area contributed by atoms with E-state index in [2.05, 4.69) is 17.3 Å². The molecule has 0 atom stereocenters. The summed E-state index contributed by atoms with van der Waals surface area (Å²) >= 11 is 0. The summed E-state index contributed by atoms with van der Waals surface area (Å²) in [5, 5.41) is 3.58. The Balaban J connectivity index is 1.67. The predicted molar refractivity (Wildman–Crippen MR) is 68.6 cm³/mol. The normalized spacial score (nSPS) is 18.5. The average molecular weight is 236 g/mol. The highest BCUT2D eigenvalue weighted by Crippen LogP contribution is 2.08. The zero-order valence-corrected chi connectivity index (χ0v) is 10.5. The Labute approximate surface area is 103 Å². The average Bonchev–Trinajstić information content (AvgIpc) is 2.34. The summed E-state index contributed by atoms with van der Waals surface area (Å²) < 4.78 is 12.7. The van der Waals surface area contributed by atoms with E-state index in [1.54, 1.807) is 0 Å². The van der Waals surface area contributed by atoms with Gasteiger partial charge in [0.15, 0.2) is 0 Å². The number of hydrogen-bond acceptors (Lipinski definition) is 2. The lowest BCUT2D eigenvalue weighted by Gasteiger charge is -2.29. The molecule has 17 heavy (non-hydrogen) atoms. The van der Waals surface area contributed by atoms with Crippen molar-refractivity contribution in [3.63, 3.8) is 0 Å². The van der Waals surface area contributed by atoms with Crippen LogP contribution in [0.5, 0.6) is 0 Å². The molecule has 0 unspecified atom stereocenters. The summed E-state index contributed by atoms with van der Waals surface area (Å²) in [4.78, 5) is 2.37. The first-order valence-electron chi connectivity index (χ1n) is 6.40. The van der Waals surface area contributed by atoms with Crippen LogP contribution in [0.1, 0.15) is 18.4 Å². The topological polar surface area (TPSA) is 15.3 Å². The largest absolute Gasteiger partial charge is 0.314 e. The molecule has 1 N–H and O–H groups in total. The van der Waals surface area contributed by atoms with Crippen LogP contribution in [0.4, 0.5) is 4.39 Å². The molecule has 1 aliphatic heterocycles. The van der Waals surface area contributed by atoms with Crippen molar-refractivity contribution in [3.05, 3.63) is 35.6 Å². The van der Waals surface area contributed by atoms with Crippen LogP contribution in [-0.2, 0) is 6.42 Å². The molecule has 94 valence electrons. The predicted octanol–water partition coefficient (Wildman–Crippen LogP) is 2.05. The number of halogens is 1. The van der Waals surface area contributed by atoms with E-state index >= 15 is 0 Å². The van der Waals surface area contributed by atoms with E-state index in [1.807, 2.05) is 12.1 Å². The van der Waals surface area contributed by atoms with Gasteiger partial charge < -0.3 is 10.2 Å². The van der Waals surface area contributed by atoms with Crippen molar-refractivity contribution in [2.45, 2.75) is 25.3 Å². The quantitative estimate of drug-likeness (QED) is 0.860. The SMILES string of the molecule is CN1CCC(NCCc2ccc(F)cc2)CC1. The van der Waals surface area contributed by atoms with Crippen LogP contribution in [0.2, 0.25) is 0 Å². The van der Waals surface area contributed by atoms with Gasteiger partial charge in [-0.15, -0.1) is 0 Å². The molecule has 1 aliphatic rings. The fraction of sp³-hybridized carbons (Fsp3) is 0.571. The molecule has 1 fully saturated rings. The maximum absolute atomic E-state index is 12.7. The van der Waals surface area contributed by atoms with Crippen molar-refractivity contribution in [1.82, 2.24) is 10.2 Å². The van der Waals surface area contributed by atoms with E-state index in [4.69, 9.17) is 0 Å².